The van der Waals surface area contributed by atoms with Crippen LogP contribution in [0.4, 0.5) is 0 Å². The predicted octanol–water partition coefficient (Wildman–Crippen LogP) is 8.55. The minimum absolute atomic E-state index is 0.146. The lowest BCUT2D eigenvalue weighted by atomic mass is 9.89. The molecule has 0 heterocycles. The van der Waals surface area contributed by atoms with E-state index in [2.05, 4.69) is 93.9 Å². The second-order valence-electron chi connectivity index (χ2n) is 8.48. The van der Waals surface area contributed by atoms with E-state index in [1.54, 1.807) is 0 Å². The Morgan fingerprint density at radius 2 is 1.23 bits per heavy atom. The van der Waals surface area contributed by atoms with Gasteiger partial charge in [0.05, 0.1) is 0 Å². The maximum Gasteiger partial charge on any atom is 0.0340 e. The Balaban J connectivity index is 1.77. The van der Waals surface area contributed by atoms with Crippen LogP contribution < -0.4 is 0 Å². The first-order valence-corrected chi connectivity index (χ1v) is 10.3. The lowest BCUT2D eigenvalue weighted by molar-refractivity contribution is 1.16. The van der Waals surface area contributed by atoms with Gasteiger partial charge in [-0.05, 0) is 83.0 Å². The summed E-state index contributed by atoms with van der Waals surface area (Å²) in [6.07, 6.45) is 0. The summed E-state index contributed by atoms with van der Waals surface area (Å²) < 4.78 is 0. The Labute approximate surface area is 180 Å². The van der Waals surface area contributed by atoms with Gasteiger partial charge >= 0.3 is 0 Å². The van der Waals surface area contributed by atoms with Crippen LogP contribution in [0.15, 0.2) is 87.0 Å². The van der Waals surface area contributed by atoms with Crippen molar-refractivity contribution in [3.63, 3.8) is 0 Å². The molecule has 0 spiro atoms. The number of aryl methyl sites for hydroxylation is 1. The van der Waals surface area contributed by atoms with Crippen molar-refractivity contribution in [1.29, 1.82) is 0 Å². The molecule has 1 aliphatic rings. The van der Waals surface area contributed by atoms with E-state index in [1.807, 2.05) is 13.8 Å². The topological polar surface area (TPSA) is 0 Å². The number of hydrogen-bond acceptors (Lipinski definition) is 0. The van der Waals surface area contributed by atoms with E-state index in [0.717, 1.165) is 33.4 Å². The van der Waals surface area contributed by atoms with Crippen molar-refractivity contribution in [3.8, 4) is 11.1 Å². The third-order valence-electron chi connectivity index (χ3n) is 6.09. The van der Waals surface area contributed by atoms with Crippen LogP contribution in [-0.2, 0) is 0 Å². The van der Waals surface area contributed by atoms with Crippen LogP contribution in [0.1, 0.15) is 53.1 Å². The monoisotopic (exact) mass is 388 g/mol. The minimum Gasteiger partial charge on any atom is -0.0955 e. The first-order chi connectivity index (χ1) is 14.3. The molecule has 1 atom stereocenters. The Morgan fingerprint density at radius 1 is 0.667 bits per heavy atom. The van der Waals surface area contributed by atoms with Crippen LogP contribution >= 0.6 is 0 Å². The van der Waals surface area contributed by atoms with Crippen LogP contribution in [0.3, 0.4) is 0 Å². The van der Waals surface area contributed by atoms with Gasteiger partial charge < -0.3 is 0 Å². The van der Waals surface area contributed by atoms with Crippen molar-refractivity contribution >= 4 is 22.3 Å². The molecule has 30 heavy (non-hydrogen) atoms. The molecule has 3 aromatic carbocycles. The van der Waals surface area contributed by atoms with Gasteiger partial charge in [0.1, 0.15) is 0 Å². The zero-order chi connectivity index (χ0) is 21.6. The van der Waals surface area contributed by atoms with Gasteiger partial charge in [-0.25, -0.2) is 0 Å². The fraction of sp³-hybridized carbons (Fsp3) is 0.133. The summed E-state index contributed by atoms with van der Waals surface area (Å²) in [5.74, 6) is 0.146. The van der Waals surface area contributed by atoms with Gasteiger partial charge in [0.15, 0.2) is 0 Å². The van der Waals surface area contributed by atoms with Crippen LogP contribution in [0.25, 0.3) is 33.4 Å². The van der Waals surface area contributed by atoms with Crippen molar-refractivity contribution in [2.45, 2.75) is 26.7 Å². The number of hydrogen-bond donors (Lipinski definition) is 0. The molecule has 0 N–H and O–H groups in total. The molecule has 0 fully saturated rings. The molecule has 0 aliphatic heterocycles. The summed E-state index contributed by atoms with van der Waals surface area (Å²) >= 11 is 0. The molecule has 0 amide bonds. The fourth-order valence-electron chi connectivity index (χ4n) is 4.40. The molecule has 0 nitrogen and oxygen atoms in total. The molecule has 148 valence electrons. The molecule has 0 heteroatoms. The Morgan fingerprint density at radius 3 is 1.87 bits per heavy atom. The number of allylic oxidation sites excluding steroid dienone is 4. The first-order valence-electron chi connectivity index (χ1n) is 10.3. The summed E-state index contributed by atoms with van der Waals surface area (Å²) in [5.41, 5.74) is 13.9. The van der Waals surface area contributed by atoms with Crippen molar-refractivity contribution in [2.75, 3.05) is 0 Å². The van der Waals surface area contributed by atoms with Gasteiger partial charge in [-0.3, -0.25) is 0 Å². The van der Waals surface area contributed by atoms with E-state index in [-0.39, 0.29) is 5.92 Å². The van der Waals surface area contributed by atoms with Gasteiger partial charge in [-0.2, -0.15) is 0 Å². The van der Waals surface area contributed by atoms with E-state index >= 15 is 0 Å². The highest BCUT2D eigenvalue weighted by Gasteiger charge is 2.30. The predicted molar refractivity (Wildman–Crippen MR) is 133 cm³/mol. The smallest absolute Gasteiger partial charge is 0.0340 e. The van der Waals surface area contributed by atoms with E-state index in [4.69, 9.17) is 0 Å². The third kappa shape index (κ3) is 3.29. The first kappa shape index (κ1) is 19.9. The van der Waals surface area contributed by atoms with Gasteiger partial charge in [-0.15, -0.1) is 0 Å². The maximum absolute atomic E-state index is 4.46. The van der Waals surface area contributed by atoms with E-state index in [9.17, 15) is 0 Å². The molecule has 0 radical (unpaired) electrons. The summed E-state index contributed by atoms with van der Waals surface area (Å²) in [6, 6.07) is 21.9. The lowest BCUT2D eigenvalue weighted by Gasteiger charge is -2.14. The molecule has 3 aromatic rings. The number of fused-ring (bicyclic) bond motifs is 1. The van der Waals surface area contributed by atoms with Crippen LogP contribution in [0, 0.1) is 6.92 Å². The molecule has 1 aliphatic carbocycles. The summed E-state index contributed by atoms with van der Waals surface area (Å²) in [7, 11) is 0. The van der Waals surface area contributed by atoms with Crippen molar-refractivity contribution in [2.24, 2.45) is 0 Å². The van der Waals surface area contributed by atoms with Gasteiger partial charge in [0, 0.05) is 5.92 Å². The summed E-state index contributed by atoms with van der Waals surface area (Å²) in [6.45, 7) is 23.4. The highest BCUT2D eigenvalue weighted by atomic mass is 14.3. The Hall–Kier alpha value is -3.38. The SMILES string of the molecule is C=C(C)c1ccc(-c2ccc3c(c2)C(=C)C(c2ccc(C)cc2)C3=C)cc1C(=C)C. The van der Waals surface area contributed by atoms with Crippen molar-refractivity contribution in [3.05, 3.63) is 120 Å². The highest BCUT2D eigenvalue weighted by Crippen LogP contribution is 2.50. The zero-order valence-corrected chi connectivity index (χ0v) is 18.2. The molecular formula is C30H28. The molecular weight excluding hydrogens is 360 g/mol. The second-order valence-corrected chi connectivity index (χ2v) is 8.48. The van der Waals surface area contributed by atoms with E-state index in [1.165, 1.54) is 33.4 Å². The average Bonchev–Trinajstić information content (AvgIpc) is 2.98. The van der Waals surface area contributed by atoms with Gasteiger partial charge in [0.2, 0.25) is 0 Å². The molecule has 0 saturated carbocycles. The molecule has 0 aromatic heterocycles. The number of rotatable bonds is 4. The molecule has 0 saturated heterocycles. The van der Waals surface area contributed by atoms with Gasteiger partial charge in [0.25, 0.3) is 0 Å². The molecule has 4 rings (SSSR count). The van der Waals surface area contributed by atoms with E-state index < -0.39 is 0 Å². The van der Waals surface area contributed by atoms with Gasteiger partial charge in [-0.1, -0.05) is 91.6 Å². The standard InChI is InChI=1S/C30H28/c1-18(2)26-14-12-24(16-28(26)19(3)4)25-13-15-27-21(6)30(22(7)29(27)17-25)23-10-8-20(5)9-11-23/h8-17,30H,1,3,6-7H2,2,4-5H3. The quantitative estimate of drug-likeness (QED) is 0.420. The summed E-state index contributed by atoms with van der Waals surface area (Å²) in [5, 5.41) is 0. The number of benzene rings is 3. The maximum atomic E-state index is 4.46. The minimum atomic E-state index is 0.146. The van der Waals surface area contributed by atoms with Crippen molar-refractivity contribution in [1.82, 2.24) is 0 Å². The Bertz CT molecular complexity index is 1220. The lowest BCUT2D eigenvalue weighted by Crippen LogP contribution is -1.95. The van der Waals surface area contributed by atoms with E-state index in [0.29, 0.717) is 0 Å². The highest BCUT2D eigenvalue weighted by molar-refractivity contribution is 5.98. The fourth-order valence-corrected chi connectivity index (χ4v) is 4.40. The molecule has 0 bridgehead atoms. The molecule has 1 unspecified atom stereocenters. The second kappa shape index (κ2) is 7.46. The Kier molecular flexibility index (Phi) is 4.95. The van der Waals surface area contributed by atoms with Crippen molar-refractivity contribution < 1.29 is 0 Å². The summed E-state index contributed by atoms with van der Waals surface area (Å²) in [4.78, 5) is 0. The average molecular weight is 389 g/mol. The largest absolute Gasteiger partial charge is 0.0955 e. The van der Waals surface area contributed by atoms with Crippen LogP contribution in [-0.4, -0.2) is 0 Å². The normalized spacial score (nSPS) is 15.2. The zero-order valence-electron chi connectivity index (χ0n) is 18.2. The van der Waals surface area contributed by atoms with Crippen LogP contribution in [0.5, 0.6) is 0 Å². The van der Waals surface area contributed by atoms with Crippen LogP contribution in [0.2, 0.25) is 0 Å². The third-order valence-corrected chi connectivity index (χ3v) is 6.09.